The standard InChI is InChI=1S/C22H32ClN3O2/c23-20-14-25-18(3-1-4-24-5-2-6-27)10-19(20)21(28)26-22-11-15-7-16(12-22)9-17(8-15)13-22/h10,14-17,24,27H,1-9,11-13H2,(H,26,28). The van der Waals surface area contributed by atoms with Gasteiger partial charge in [-0.25, -0.2) is 0 Å². The molecule has 3 N–H and O–H groups in total. The van der Waals surface area contributed by atoms with Crippen LogP contribution in [0.4, 0.5) is 0 Å². The molecule has 0 atom stereocenters. The topological polar surface area (TPSA) is 74.2 Å². The highest BCUT2D eigenvalue weighted by molar-refractivity contribution is 6.33. The van der Waals surface area contributed by atoms with Gasteiger partial charge in [0.05, 0.1) is 10.6 Å². The molecule has 4 fully saturated rings. The van der Waals surface area contributed by atoms with Crippen LogP contribution in [0.5, 0.6) is 0 Å². The van der Waals surface area contributed by atoms with Crippen LogP contribution in [0.1, 0.15) is 67.4 Å². The van der Waals surface area contributed by atoms with E-state index in [0.717, 1.165) is 75.1 Å². The summed E-state index contributed by atoms with van der Waals surface area (Å²) in [6.45, 7) is 1.91. The molecule has 0 aromatic carbocycles. The lowest BCUT2D eigenvalue weighted by Crippen LogP contribution is -2.59. The van der Waals surface area contributed by atoms with Crippen LogP contribution in [0, 0.1) is 17.8 Å². The molecule has 0 unspecified atom stereocenters. The zero-order valence-electron chi connectivity index (χ0n) is 16.6. The number of carbonyl (C=O) groups is 1. The fourth-order valence-electron chi connectivity index (χ4n) is 6.09. The maximum Gasteiger partial charge on any atom is 0.253 e. The Morgan fingerprint density at radius 1 is 1.14 bits per heavy atom. The fraction of sp³-hybridized carbons (Fsp3) is 0.727. The minimum Gasteiger partial charge on any atom is -0.396 e. The number of amides is 1. The quantitative estimate of drug-likeness (QED) is 0.551. The van der Waals surface area contributed by atoms with E-state index in [1.807, 2.05) is 6.07 Å². The molecule has 0 saturated heterocycles. The molecule has 28 heavy (non-hydrogen) atoms. The Kier molecular flexibility index (Phi) is 6.24. The van der Waals surface area contributed by atoms with Gasteiger partial charge in [0, 0.05) is 24.0 Å². The molecule has 1 aromatic rings. The Bertz CT molecular complexity index is 674. The van der Waals surface area contributed by atoms with Gasteiger partial charge in [0.2, 0.25) is 0 Å². The molecule has 4 bridgehead atoms. The molecular weight excluding hydrogens is 374 g/mol. The molecule has 4 aliphatic carbocycles. The van der Waals surface area contributed by atoms with Gasteiger partial charge < -0.3 is 15.7 Å². The Labute approximate surface area is 172 Å². The Balaban J connectivity index is 1.36. The molecule has 154 valence electrons. The van der Waals surface area contributed by atoms with E-state index in [0.29, 0.717) is 10.6 Å². The minimum absolute atomic E-state index is 0.00474. The number of rotatable bonds is 9. The van der Waals surface area contributed by atoms with E-state index in [4.69, 9.17) is 16.7 Å². The van der Waals surface area contributed by atoms with Crippen molar-refractivity contribution in [1.82, 2.24) is 15.6 Å². The van der Waals surface area contributed by atoms with Crippen molar-refractivity contribution in [2.75, 3.05) is 19.7 Å². The van der Waals surface area contributed by atoms with Gasteiger partial charge in [-0.15, -0.1) is 0 Å². The molecule has 4 aliphatic rings. The molecule has 0 spiro atoms. The van der Waals surface area contributed by atoms with Crippen LogP contribution in [0.15, 0.2) is 12.3 Å². The van der Waals surface area contributed by atoms with Crippen molar-refractivity contribution in [3.8, 4) is 0 Å². The maximum absolute atomic E-state index is 13.1. The monoisotopic (exact) mass is 405 g/mol. The average molecular weight is 406 g/mol. The van der Waals surface area contributed by atoms with E-state index in [2.05, 4.69) is 15.6 Å². The zero-order valence-corrected chi connectivity index (χ0v) is 17.3. The minimum atomic E-state index is -0.0309. The smallest absolute Gasteiger partial charge is 0.253 e. The molecule has 0 aliphatic heterocycles. The van der Waals surface area contributed by atoms with E-state index < -0.39 is 0 Å². The van der Waals surface area contributed by atoms with E-state index in [-0.39, 0.29) is 18.1 Å². The summed E-state index contributed by atoms with van der Waals surface area (Å²) in [7, 11) is 0. The van der Waals surface area contributed by atoms with Crippen LogP contribution < -0.4 is 10.6 Å². The second kappa shape index (κ2) is 8.68. The normalized spacial score (nSPS) is 30.6. The van der Waals surface area contributed by atoms with Gasteiger partial charge in [-0.3, -0.25) is 9.78 Å². The molecule has 1 amide bonds. The van der Waals surface area contributed by atoms with Crippen LogP contribution >= 0.6 is 11.6 Å². The lowest BCUT2D eigenvalue weighted by molar-refractivity contribution is -0.0167. The predicted octanol–water partition coefficient (Wildman–Crippen LogP) is 3.34. The summed E-state index contributed by atoms with van der Waals surface area (Å²) in [5.41, 5.74) is 1.47. The molecule has 1 heterocycles. The molecule has 0 radical (unpaired) electrons. The van der Waals surface area contributed by atoms with Crippen molar-refractivity contribution >= 4 is 17.5 Å². The van der Waals surface area contributed by atoms with Gasteiger partial charge in [-0.1, -0.05) is 11.6 Å². The summed E-state index contributed by atoms with van der Waals surface area (Å²) >= 11 is 6.34. The number of aromatic nitrogens is 1. The van der Waals surface area contributed by atoms with E-state index >= 15 is 0 Å². The van der Waals surface area contributed by atoms with E-state index in [1.165, 1.54) is 19.3 Å². The first-order valence-corrected chi connectivity index (χ1v) is 11.2. The van der Waals surface area contributed by atoms with Gasteiger partial charge in [-0.05, 0) is 94.7 Å². The number of aliphatic hydroxyl groups excluding tert-OH is 1. The zero-order chi connectivity index (χ0) is 19.6. The predicted molar refractivity (Wildman–Crippen MR) is 111 cm³/mol. The second-order valence-electron chi connectivity index (χ2n) is 9.24. The summed E-state index contributed by atoms with van der Waals surface area (Å²) < 4.78 is 0. The first-order valence-electron chi connectivity index (χ1n) is 10.9. The SMILES string of the molecule is O=C(NC12CC3CC(CC(C3)C1)C2)c1cc(CCCNCCCO)ncc1Cl. The average Bonchev–Trinajstić information content (AvgIpc) is 2.64. The first kappa shape index (κ1) is 20.1. The lowest BCUT2D eigenvalue weighted by Gasteiger charge is -2.56. The highest BCUT2D eigenvalue weighted by Gasteiger charge is 2.51. The largest absolute Gasteiger partial charge is 0.396 e. The van der Waals surface area contributed by atoms with Crippen LogP contribution in [0.3, 0.4) is 0 Å². The highest BCUT2D eigenvalue weighted by Crippen LogP contribution is 2.55. The third kappa shape index (κ3) is 4.52. The third-order valence-corrected chi connectivity index (χ3v) is 7.17. The van der Waals surface area contributed by atoms with Crippen LogP contribution in [0.25, 0.3) is 0 Å². The molecule has 1 aromatic heterocycles. The lowest BCUT2D eigenvalue weighted by atomic mass is 9.53. The van der Waals surface area contributed by atoms with Crippen LogP contribution in [-0.2, 0) is 6.42 Å². The molecular formula is C22H32ClN3O2. The van der Waals surface area contributed by atoms with Gasteiger partial charge in [0.1, 0.15) is 0 Å². The van der Waals surface area contributed by atoms with Gasteiger partial charge in [0.25, 0.3) is 5.91 Å². The number of nitrogens with zero attached hydrogens (tertiary/aromatic N) is 1. The molecule has 6 heteroatoms. The van der Waals surface area contributed by atoms with Crippen molar-refractivity contribution in [3.63, 3.8) is 0 Å². The Hall–Kier alpha value is -1.17. The summed E-state index contributed by atoms with van der Waals surface area (Å²) in [6, 6.07) is 1.87. The third-order valence-electron chi connectivity index (χ3n) is 6.87. The number of halogens is 1. The molecule has 4 saturated carbocycles. The second-order valence-corrected chi connectivity index (χ2v) is 9.65. The van der Waals surface area contributed by atoms with Crippen LogP contribution in [0.2, 0.25) is 5.02 Å². The fourth-order valence-corrected chi connectivity index (χ4v) is 6.28. The number of hydrogen-bond donors (Lipinski definition) is 3. The number of nitrogens with one attached hydrogen (secondary N) is 2. The number of aliphatic hydroxyl groups is 1. The number of hydrogen-bond acceptors (Lipinski definition) is 4. The van der Waals surface area contributed by atoms with Crippen molar-refractivity contribution in [3.05, 3.63) is 28.5 Å². The Morgan fingerprint density at radius 2 is 1.79 bits per heavy atom. The summed E-state index contributed by atoms with van der Waals surface area (Å²) in [4.78, 5) is 17.5. The van der Waals surface area contributed by atoms with Gasteiger partial charge >= 0.3 is 0 Å². The maximum atomic E-state index is 13.1. The number of pyridine rings is 1. The van der Waals surface area contributed by atoms with Crippen molar-refractivity contribution in [2.45, 2.75) is 63.3 Å². The van der Waals surface area contributed by atoms with Crippen molar-refractivity contribution in [1.29, 1.82) is 0 Å². The summed E-state index contributed by atoms with van der Waals surface area (Å²) in [5.74, 6) is 2.37. The van der Waals surface area contributed by atoms with Crippen molar-refractivity contribution in [2.24, 2.45) is 17.8 Å². The van der Waals surface area contributed by atoms with Crippen molar-refractivity contribution < 1.29 is 9.90 Å². The van der Waals surface area contributed by atoms with Crippen LogP contribution in [-0.4, -0.2) is 41.2 Å². The Morgan fingerprint density at radius 3 is 2.43 bits per heavy atom. The van der Waals surface area contributed by atoms with E-state index in [1.54, 1.807) is 6.20 Å². The number of aryl methyl sites for hydroxylation is 1. The van der Waals surface area contributed by atoms with E-state index in [9.17, 15) is 4.79 Å². The first-order chi connectivity index (χ1) is 13.6. The number of carbonyl (C=O) groups excluding carboxylic acids is 1. The summed E-state index contributed by atoms with van der Waals surface area (Å²) in [6.07, 6.45) is 11.6. The summed E-state index contributed by atoms with van der Waals surface area (Å²) in [5, 5.41) is 15.9. The highest BCUT2D eigenvalue weighted by atomic mass is 35.5. The molecule has 5 nitrogen and oxygen atoms in total. The van der Waals surface area contributed by atoms with Gasteiger partial charge in [-0.2, -0.15) is 0 Å². The van der Waals surface area contributed by atoms with Gasteiger partial charge in [0.15, 0.2) is 0 Å². The molecule has 5 rings (SSSR count).